The Morgan fingerprint density at radius 1 is 0.792 bits per heavy atom. The second kappa shape index (κ2) is 10.3. The lowest BCUT2D eigenvalue weighted by atomic mass is 9.97. The number of nitrogens with two attached hydrogens (primary N) is 2. The highest BCUT2D eigenvalue weighted by molar-refractivity contribution is 6.45. The number of hydrogen-bond donors (Lipinski definition) is 3. The molecule has 5 N–H and O–H groups in total. The Balaban J connectivity index is 0.000000240. The van der Waals surface area contributed by atoms with Crippen LogP contribution in [-0.4, -0.2) is 61.1 Å². The first-order valence-corrected chi connectivity index (χ1v) is 9.15. The summed E-state index contributed by atoms with van der Waals surface area (Å²) in [6.07, 6.45) is 0. The van der Waals surface area contributed by atoms with Crippen LogP contribution in [0.1, 0.15) is 0 Å². The zero-order valence-electron chi connectivity index (χ0n) is 12.3. The van der Waals surface area contributed by atoms with Crippen molar-refractivity contribution in [3.63, 3.8) is 0 Å². The average Bonchev–Trinajstić information content (AvgIpc) is 2.54. The fourth-order valence-corrected chi connectivity index (χ4v) is 4.01. The average molecular weight is 461 g/mol. The van der Waals surface area contributed by atoms with Crippen LogP contribution in [0.2, 0.25) is 0 Å². The molecule has 138 valence electrons. The number of halogens is 6. The predicted molar refractivity (Wildman–Crippen MR) is 102 cm³/mol. The summed E-state index contributed by atoms with van der Waals surface area (Å²) < 4.78 is 4.73. The summed E-state index contributed by atoms with van der Waals surface area (Å²) in [4.78, 5) is 11.1. The fourth-order valence-electron chi connectivity index (χ4n) is 1.68. The van der Waals surface area contributed by atoms with Crippen LogP contribution in [0.4, 0.5) is 17.8 Å². The van der Waals surface area contributed by atoms with E-state index in [1.807, 2.05) is 0 Å². The Bertz CT molecular complexity index is 449. The number of nitrogens with one attached hydrogen (secondary N) is 1. The quantitative estimate of drug-likeness (QED) is 0.469. The number of nitrogen functional groups attached to an aromatic ring is 2. The molecule has 0 bridgehead atoms. The maximum absolute atomic E-state index is 5.88. The van der Waals surface area contributed by atoms with E-state index in [0.29, 0.717) is 12.7 Å². The van der Waals surface area contributed by atoms with Crippen molar-refractivity contribution in [2.45, 2.75) is 32.3 Å². The monoisotopic (exact) mass is 458 g/mol. The summed E-state index contributed by atoms with van der Waals surface area (Å²) in [5, 5.41) is 0.111. The first-order chi connectivity index (χ1) is 11.2. The largest absolute Gasteiger partial charge is 0.368 e. The molecule has 13 heteroatoms. The Hall–Kier alpha value is 0.110. The third-order valence-corrected chi connectivity index (χ3v) is 6.90. The van der Waals surface area contributed by atoms with Gasteiger partial charge in [0.15, 0.2) is 0 Å². The number of ether oxygens (including phenoxy) is 1. The highest BCUT2D eigenvalue weighted by Crippen LogP contribution is 2.39. The Morgan fingerprint density at radius 2 is 1.12 bits per heavy atom. The van der Waals surface area contributed by atoms with E-state index in [1.165, 1.54) is 0 Å². The summed E-state index contributed by atoms with van der Waals surface area (Å²) in [7, 11) is 1.54. The minimum atomic E-state index is -0.437. The molecule has 7 nitrogen and oxygen atoms in total. The van der Waals surface area contributed by atoms with Gasteiger partial charge in [-0.3, -0.25) is 0 Å². The molecular formula is C11H16Cl6N6O. The van der Waals surface area contributed by atoms with Crippen molar-refractivity contribution in [1.29, 1.82) is 0 Å². The van der Waals surface area contributed by atoms with Crippen molar-refractivity contribution in [3.8, 4) is 0 Å². The molecule has 0 atom stereocenters. The van der Waals surface area contributed by atoms with Crippen LogP contribution >= 0.6 is 69.6 Å². The molecule has 0 radical (unpaired) electrons. The standard InChI is InChI=1S/C6H6Cl6.C5H10N6O/c7-1-2(8)4(10)6(12)5(11)3(1)9;1-12-2-8-5-10-3(6)9-4(7)11-5/h1-6H;2H2,1H3,(H5,6,7,8,9,10,11)/t1-,2-,3-,4+,5+,6+;. The lowest BCUT2D eigenvalue weighted by molar-refractivity contribution is 0.220. The molecule has 0 amide bonds. The van der Waals surface area contributed by atoms with Crippen molar-refractivity contribution < 1.29 is 4.74 Å². The van der Waals surface area contributed by atoms with Gasteiger partial charge in [-0.05, 0) is 0 Å². The zero-order valence-corrected chi connectivity index (χ0v) is 16.9. The van der Waals surface area contributed by atoms with Crippen LogP contribution in [0.3, 0.4) is 0 Å². The van der Waals surface area contributed by atoms with Crippen LogP contribution in [0.5, 0.6) is 0 Å². The van der Waals surface area contributed by atoms with E-state index in [0.717, 1.165) is 0 Å². The predicted octanol–water partition coefficient (Wildman–Crippen LogP) is 2.70. The van der Waals surface area contributed by atoms with E-state index in [-0.39, 0.29) is 11.9 Å². The number of nitrogens with zero attached hydrogens (tertiary/aromatic N) is 3. The van der Waals surface area contributed by atoms with E-state index < -0.39 is 32.3 Å². The van der Waals surface area contributed by atoms with Crippen LogP contribution in [0.15, 0.2) is 0 Å². The van der Waals surface area contributed by atoms with Crippen molar-refractivity contribution in [2.75, 3.05) is 30.6 Å². The normalized spacial score (nSPS) is 32.6. The molecule has 0 spiro atoms. The van der Waals surface area contributed by atoms with Gasteiger partial charge in [0.2, 0.25) is 17.8 Å². The maximum Gasteiger partial charge on any atom is 0.231 e. The summed E-state index contributed by atoms with van der Waals surface area (Å²) in [5.41, 5.74) is 10.6. The maximum atomic E-state index is 5.88. The van der Waals surface area contributed by atoms with Crippen molar-refractivity contribution in [1.82, 2.24) is 15.0 Å². The molecule has 1 aliphatic rings. The molecule has 0 saturated heterocycles. The van der Waals surface area contributed by atoms with E-state index in [4.69, 9.17) is 85.8 Å². The van der Waals surface area contributed by atoms with Crippen LogP contribution < -0.4 is 16.8 Å². The number of alkyl halides is 6. The van der Waals surface area contributed by atoms with Crippen LogP contribution in [0.25, 0.3) is 0 Å². The minimum Gasteiger partial charge on any atom is -0.368 e. The highest BCUT2D eigenvalue weighted by atomic mass is 35.5. The Labute approximate surface area is 169 Å². The van der Waals surface area contributed by atoms with Crippen molar-refractivity contribution >= 4 is 87.5 Å². The summed E-state index contributed by atoms with van der Waals surface area (Å²) >= 11 is 35.3. The van der Waals surface area contributed by atoms with Crippen molar-refractivity contribution in [3.05, 3.63) is 0 Å². The summed E-state index contributed by atoms with van der Waals surface area (Å²) in [6, 6.07) is 0. The van der Waals surface area contributed by atoms with Gasteiger partial charge in [-0.1, -0.05) is 0 Å². The Kier molecular flexibility index (Phi) is 9.51. The number of hydrogen-bond acceptors (Lipinski definition) is 7. The lowest BCUT2D eigenvalue weighted by Gasteiger charge is -2.37. The number of anilines is 3. The zero-order chi connectivity index (χ0) is 18.4. The molecule has 24 heavy (non-hydrogen) atoms. The number of aromatic nitrogens is 3. The van der Waals surface area contributed by atoms with Crippen molar-refractivity contribution in [2.24, 2.45) is 0 Å². The molecule has 0 aromatic carbocycles. The summed E-state index contributed by atoms with van der Waals surface area (Å²) in [5.74, 6) is 0.476. The number of methoxy groups -OCH3 is 1. The van der Waals surface area contributed by atoms with E-state index in [1.54, 1.807) is 7.11 Å². The molecule has 1 aromatic heterocycles. The molecule has 1 aromatic rings. The van der Waals surface area contributed by atoms with Gasteiger partial charge in [-0.2, -0.15) is 15.0 Å². The van der Waals surface area contributed by atoms with E-state index >= 15 is 0 Å². The molecule has 1 aliphatic carbocycles. The molecule has 0 unspecified atom stereocenters. The van der Waals surface area contributed by atoms with Gasteiger partial charge < -0.3 is 21.5 Å². The molecule has 2 rings (SSSR count). The highest BCUT2D eigenvalue weighted by Gasteiger charge is 2.46. The molecular weight excluding hydrogens is 445 g/mol. The van der Waals surface area contributed by atoms with Gasteiger partial charge in [0.25, 0.3) is 0 Å². The van der Waals surface area contributed by atoms with E-state index in [9.17, 15) is 0 Å². The second-order valence-corrected chi connectivity index (χ2v) is 7.68. The van der Waals surface area contributed by atoms with Gasteiger partial charge in [-0.25, -0.2) is 0 Å². The first-order valence-electron chi connectivity index (χ1n) is 6.53. The fraction of sp³-hybridized carbons (Fsp3) is 0.727. The van der Waals surface area contributed by atoms with E-state index in [2.05, 4.69) is 20.3 Å². The number of rotatable bonds is 3. The lowest BCUT2D eigenvalue weighted by Crippen LogP contribution is -2.52. The van der Waals surface area contributed by atoms with Crippen LogP contribution in [0, 0.1) is 0 Å². The molecule has 1 heterocycles. The molecule has 1 fully saturated rings. The van der Waals surface area contributed by atoms with Gasteiger partial charge in [0.1, 0.15) is 6.73 Å². The SMILES string of the molecule is COCNc1nc(N)nc(N)n1.Cl[C@H]1[C@H](Cl)[C@@H](Cl)[C@@H](Cl)[C@H](Cl)[C@H]1Cl. The Morgan fingerprint density at radius 3 is 1.42 bits per heavy atom. The van der Waals surface area contributed by atoms with Gasteiger partial charge in [0.05, 0.1) is 32.3 Å². The second-order valence-electron chi connectivity index (χ2n) is 4.65. The van der Waals surface area contributed by atoms with Gasteiger partial charge >= 0.3 is 0 Å². The van der Waals surface area contributed by atoms with Crippen LogP contribution in [-0.2, 0) is 4.74 Å². The molecule has 1 saturated carbocycles. The first kappa shape index (κ1) is 22.2. The molecule has 0 aliphatic heterocycles. The minimum absolute atomic E-state index is 0.0844. The van der Waals surface area contributed by atoms with Gasteiger partial charge in [-0.15, -0.1) is 69.6 Å². The smallest absolute Gasteiger partial charge is 0.231 e. The topological polar surface area (TPSA) is 112 Å². The third kappa shape index (κ3) is 6.12. The summed E-state index contributed by atoms with van der Waals surface area (Å²) in [6.45, 7) is 0.295. The van der Waals surface area contributed by atoms with Gasteiger partial charge in [0, 0.05) is 7.11 Å². The third-order valence-electron chi connectivity index (χ3n) is 2.87.